The van der Waals surface area contributed by atoms with Crippen LogP contribution in [-0.4, -0.2) is 12.6 Å². The molecule has 0 saturated heterocycles. The van der Waals surface area contributed by atoms with E-state index in [0.717, 1.165) is 25.7 Å². The number of allylic oxidation sites excluding steroid dienone is 1. The van der Waals surface area contributed by atoms with Gasteiger partial charge in [-0.2, -0.15) is 0 Å². The van der Waals surface area contributed by atoms with E-state index in [2.05, 4.69) is 6.92 Å². The number of nitrogens with two attached hydrogens (primary N) is 1. The summed E-state index contributed by atoms with van der Waals surface area (Å²) >= 11 is 0. The zero-order valence-electron chi connectivity index (χ0n) is 8.51. The molecule has 3 heteroatoms. The van der Waals surface area contributed by atoms with Crippen molar-refractivity contribution >= 4 is 5.97 Å². The van der Waals surface area contributed by atoms with Gasteiger partial charge in [-0.05, 0) is 19.8 Å². The van der Waals surface area contributed by atoms with Crippen molar-refractivity contribution in [2.24, 2.45) is 5.73 Å². The Hall–Kier alpha value is -0.990. The van der Waals surface area contributed by atoms with Crippen LogP contribution in [0.25, 0.3) is 0 Å². The van der Waals surface area contributed by atoms with Gasteiger partial charge in [0.1, 0.15) is 0 Å². The molecule has 0 bridgehead atoms. The van der Waals surface area contributed by atoms with Crippen molar-refractivity contribution in [1.29, 1.82) is 0 Å². The standard InChI is InChI=1S/C10H19NO2/c1-3-5-6-7-9(11)8-10(12)13-4-2/h8H,3-7,11H2,1-2H3. The zero-order chi connectivity index (χ0) is 10.1. The molecule has 0 aromatic carbocycles. The Bertz CT molecular complexity index is 176. The third-order valence-electron chi connectivity index (χ3n) is 1.66. The minimum Gasteiger partial charge on any atom is -0.463 e. The summed E-state index contributed by atoms with van der Waals surface area (Å²) in [5.41, 5.74) is 6.22. The van der Waals surface area contributed by atoms with Gasteiger partial charge in [0, 0.05) is 11.8 Å². The number of esters is 1. The Labute approximate surface area is 79.9 Å². The van der Waals surface area contributed by atoms with E-state index in [4.69, 9.17) is 10.5 Å². The molecule has 0 heterocycles. The number of hydrogen-bond donors (Lipinski definition) is 1. The second-order valence-electron chi connectivity index (χ2n) is 2.93. The summed E-state index contributed by atoms with van der Waals surface area (Å²) in [6.07, 6.45) is 5.51. The fraction of sp³-hybridized carbons (Fsp3) is 0.700. The summed E-state index contributed by atoms with van der Waals surface area (Å²) in [7, 11) is 0. The van der Waals surface area contributed by atoms with Crippen LogP contribution >= 0.6 is 0 Å². The highest BCUT2D eigenvalue weighted by molar-refractivity contribution is 5.82. The van der Waals surface area contributed by atoms with Gasteiger partial charge in [0.05, 0.1) is 6.61 Å². The van der Waals surface area contributed by atoms with Crippen LogP contribution in [0.2, 0.25) is 0 Å². The van der Waals surface area contributed by atoms with Crippen LogP contribution in [0.15, 0.2) is 11.8 Å². The lowest BCUT2D eigenvalue weighted by atomic mass is 10.1. The van der Waals surface area contributed by atoms with E-state index in [-0.39, 0.29) is 5.97 Å². The lowest BCUT2D eigenvalue weighted by Crippen LogP contribution is -2.05. The van der Waals surface area contributed by atoms with E-state index in [1.54, 1.807) is 6.92 Å². The average molecular weight is 185 g/mol. The van der Waals surface area contributed by atoms with Crippen molar-refractivity contribution in [3.8, 4) is 0 Å². The third kappa shape index (κ3) is 7.37. The Morgan fingerprint density at radius 1 is 1.38 bits per heavy atom. The SMILES string of the molecule is CCCCCC(N)=CC(=O)OCC. The molecule has 0 rings (SSSR count). The first kappa shape index (κ1) is 12.0. The maximum absolute atomic E-state index is 10.9. The first-order valence-electron chi connectivity index (χ1n) is 4.83. The Kier molecular flexibility index (Phi) is 7.07. The van der Waals surface area contributed by atoms with E-state index in [1.165, 1.54) is 6.08 Å². The van der Waals surface area contributed by atoms with Crippen molar-refractivity contribution in [3.05, 3.63) is 11.8 Å². The molecule has 0 aliphatic carbocycles. The molecule has 2 N–H and O–H groups in total. The highest BCUT2D eigenvalue weighted by atomic mass is 16.5. The van der Waals surface area contributed by atoms with Crippen LogP contribution < -0.4 is 5.73 Å². The predicted octanol–water partition coefficient (Wildman–Crippen LogP) is 1.97. The van der Waals surface area contributed by atoms with Gasteiger partial charge in [-0.25, -0.2) is 4.79 Å². The second-order valence-corrected chi connectivity index (χ2v) is 2.93. The van der Waals surface area contributed by atoms with Crippen molar-refractivity contribution in [1.82, 2.24) is 0 Å². The maximum Gasteiger partial charge on any atom is 0.332 e. The van der Waals surface area contributed by atoms with Crippen molar-refractivity contribution in [3.63, 3.8) is 0 Å². The fourth-order valence-electron chi connectivity index (χ4n) is 0.987. The van der Waals surface area contributed by atoms with Gasteiger partial charge in [-0.1, -0.05) is 19.8 Å². The normalized spacial score (nSPS) is 11.4. The van der Waals surface area contributed by atoms with Gasteiger partial charge in [0.25, 0.3) is 0 Å². The molecule has 3 nitrogen and oxygen atoms in total. The first-order chi connectivity index (χ1) is 6.20. The minimum atomic E-state index is -0.337. The lowest BCUT2D eigenvalue weighted by Gasteiger charge is -2.00. The number of carbonyl (C=O) groups excluding carboxylic acids is 1. The molecule has 0 aliphatic heterocycles. The summed E-state index contributed by atoms with van der Waals surface area (Å²) in [6.45, 7) is 4.31. The predicted molar refractivity (Wildman–Crippen MR) is 53.0 cm³/mol. The molecule has 13 heavy (non-hydrogen) atoms. The van der Waals surface area contributed by atoms with E-state index in [9.17, 15) is 4.79 Å². The summed E-state index contributed by atoms with van der Waals surface area (Å²) in [5.74, 6) is -0.337. The molecule has 0 atom stereocenters. The van der Waals surface area contributed by atoms with Gasteiger partial charge in [-0.3, -0.25) is 0 Å². The van der Waals surface area contributed by atoms with E-state index >= 15 is 0 Å². The van der Waals surface area contributed by atoms with Crippen molar-refractivity contribution < 1.29 is 9.53 Å². The molecular formula is C10H19NO2. The van der Waals surface area contributed by atoms with Gasteiger partial charge in [0.15, 0.2) is 0 Å². The highest BCUT2D eigenvalue weighted by Crippen LogP contribution is 2.03. The van der Waals surface area contributed by atoms with Gasteiger partial charge >= 0.3 is 5.97 Å². The summed E-state index contributed by atoms with van der Waals surface area (Å²) in [4.78, 5) is 10.9. The summed E-state index contributed by atoms with van der Waals surface area (Å²) < 4.78 is 4.72. The first-order valence-corrected chi connectivity index (χ1v) is 4.83. The molecule has 0 aliphatic rings. The van der Waals surface area contributed by atoms with Gasteiger partial charge in [-0.15, -0.1) is 0 Å². The topological polar surface area (TPSA) is 52.3 Å². The summed E-state index contributed by atoms with van der Waals surface area (Å²) in [5, 5.41) is 0. The molecule has 0 saturated carbocycles. The molecular weight excluding hydrogens is 166 g/mol. The lowest BCUT2D eigenvalue weighted by molar-refractivity contribution is -0.137. The van der Waals surface area contributed by atoms with Gasteiger partial charge in [0.2, 0.25) is 0 Å². The Balaban J connectivity index is 3.67. The van der Waals surface area contributed by atoms with Crippen molar-refractivity contribution in [2.45, 2.75) is 39.5 Å². The Morgan fingerprint density at radius 2 is 2.08 bits per heavy atom. The Morgan fingerprint density at radius 3 is 2.62 bits per heavy atom. The minimum absolute atomic E-state index is 0.337. The van der Waals surface area contributed by atoms with Crippen LogP contribution in [0.5, 0.6) is 0 Å². The molecule has 0 unspecified atom stereocenters. The third-order valence-corrected chi connectivity index (χ3v) is 1.66. The van der Waals surface area contributed by atoms with Crippen LogP contribution in [0.4, 0.5) is 0 Å². The zero-order valence-corrected chi connectivity index (χ0v) is 8.51. The van der Waals surface area contributed by atoms with Crippen LogP contribution in [0, 0.1) is 0 Å². The molecule has 0 radical (unpaired) electrons. The van der Waals surface area contributed by atoms with E-state index in [0.29, 0.717) is 12.3 Å². The molecule has 0 spiro atoms. The largest absolute Gasteiger partial charge is 0.463 e. The number of hydrogen-bond acceptors (Lipinski definition) is 3. The quantitative estimate of drug-likeness (QED) is 0.391. The molecule has 76 valence electrons. The maximum atomic E-state index is 10.9. The monoisotopic (exact) mass is 185 g/mol. The number of carbonyl (C=O) groups is 1. The number of unbranched alkanes of at least 4 members (excludes halogenated alkanes) is 2. The fourth-order valence-corrected chi connectivity index (χ4v) is 0.987. The average Bonchev–Trinajstić information content (AvgIpc) is 2.05. The molecule has 0 aromatic heterocycles. The summed E-state index contributed by atoms with van der Waals surface area (Å²) in [6, 6.07) is 0. The van der Waals surface area contributed by atoms with E-state index < -0.39 is 0 Å². The van der Waals surface area contributed by atoms with Gasteiger partial charge < -0.3 is 10.5 Å². The molecule has 0 amide bonds. The van der Waals surface area contributed by atoms with Crippen molar-refractivity contribution in [2.75, 3.05) is 6.61 Å². The van der Waals surface area contributed by atoms with Crippen LogP contribution in [-0.2, 0) is 9.53 Å². The van der Waals surface area contributed by atoms with Crippen LogP contribution in [0.3, 0.4) is 0 Å². The second kappa shape index (κ2) is 7.65. The molecule has 0 aromatic rings. The van der Waals surface area contributed by atoms with Crippen LogP contribution in [0.1, 0.15) is 39.5 Å². The van der Waals surface area contributed by atoms with E-state index in [1.807, 2.05) is 0 Å². The smallest absolute Gasteiger partial charge is 0.332 e. The highest BCUT2D eigenvalue weighted by Gasteiger charge is 1.98. The number of rotatable bonds is 6. The molecule has 0 fully saturated rings. The number of ether oxygens (including phenoxy) is 1.